The Kier molecular flexibility index (Phi) is 7.70. The monoisotopic (exact) mass is 469 g/mol. The van der Waals surface area contributed by atoms with Crippen LogP contribution >= 0.6 is 11.6 Å². The van der Waals surface area contributed by atoms with Crippen LogP contribution in [0.2, 0.25) is 5.02 Å². The molecule has 0 saturated heterocycles. The fourth-order valence-corrected chi connectivity index (χ4v) is 3.27. The summed E-state index contributed by atoms with van der Waals surface area (Å²) >= 11 is 6.18. The number of rotatable bonds is 4. The summed E-state index contributed by atoms with van der Waals surface area (Å²) in [5, 5.41) is 19.1. The van der Waals surface area contributed by atoms with Crippen LogP contribution in [0, 0.1) is 0 Å². The zero-order valence-electron chi connectivity index (χ0n) is 17.5. The molecule has 2 heterocycles. The van der Waals surface area contributed by atoms with E-state index in [2.05, 4.69) is 14.7 Å². The highest BCUT2D eigenvalue weighted by molar-refractivity contribution is 6.31. The molecule has 2 aromatic carbocycles. The fourth-order valence-electron chi connectivity index (χ4n) is 3.10. The van der Waals surface area contributed by atoms with Gasteiger partial charge in [0.1, 0.15) is 0 Å². The molecule has 1 aliphatic heterocycles. The van der Waals surface area contributed by atoms with Crippen molar-refractivity contribution in [3.05, 3.63) is 93.1 Å². The molecule has 0 aliphatic carbocycles. The van der Waals surface area contributed by atoms with Crippen LogP contribution in [-0.4, -0.2) is 44.5 Å². The number of aliphatic imine (C=N–C) groups is 1. The number of halogens is 1. The molecule has 0 bridgehead atoms. The highest BCUT2D eigenvalue weighted by atomic mass is 35.5. The van der Waals surface area contributed by atoms with E-state index in [9.17, 15) is 19.5 Å². The maximum Gasteiger partial charge on any atom is 0.306 e. The quantitative estimate of drug-likeness (QED) is 0.561. The van der Waals surface area contributed by atoms with E-state index in [1.165, 1.54) is 13.2 Å². The number of carboxylic acid groups (broad SMARTS) is 1. The number of carbonyl (C=O) groups excluding carboxylic acids is 1. The van der Waals surface area contributed by atoms with Gasteiger partial charge in [-0.3, -0.25) is 14.4 Å². The molecule has 4 rings (SSSR count). The number of aromatic nitrogens is 2. The van der Waals surface area contributed by atoms with Crippen molar-refractivity contribution in [1.29, 1.82) is 0 Å². The minimum absolute atomic E-state index is 0.0498. The first kappa shape index (κ1) is 23.8. The van der Waals surface area contributed by atoms with Gasteiger partial charge in [0, 0.05) is 28.4 Å². The molecule has 2 N–H and O–H groups in total. The maximum absolute atomic E-state index is 11.6. The van der Waals surface area contributed by atoms with Gasteiger partial charge in [-0.15, -0.1) is 0 Å². The lowest BCUT2D eigenvalue weighted by atomic mass is 10.0. The number of aliphatic hydroxyl groups is 1. The molecule has 170 valence electrons. The number of aliphatic carboxylic acids is 1. The molecule has 0 fully saturated rings. The molecule has 0 amide bonds. The van der Waals surface area contributed by atoms with Gasteiger partial charge in [-0.05, 0) is 18.2 Å². The molecule has 1 unspecified atom stereocenters. The Morgan fingerprint density at radius 3 is 2.52 bits per heavy atom. The third-order valence-corrected chi connectivity index (χ3v) is 4.85. The first-order valence-electron chi connectivity index (χ1n) is 9.80. The second kappa shape index (κ2) is 10.7. The predicted octanol–water partition coefficient (Wildman–Crippen LogP) is 2.75. The van der Waals surface area contributed by atoms with E-state index in [-0.39, 0.29) is 18.7 Å². The van der Waals surface area contributed by atoms with Gasteiger partial charge in [-0.25, -0.2) is 4.99 Å². The number of hydrogen-bond donors (Lipinski definition) is 2. The van der Waals surface area contributed by atoms with Gasteiger partial charge in [-0.1, -0.05) is 41.9 Å². The van der Waals surface area contributed by atoms with Gasteiger partial charge < -0.3 is 19.5 Å². The van der Waals surface area contributed by atoms with Crippen molar-refractivity contribution in [3.63, 3.8) is 0 Å². The molecular formula is C23H20ClN3O6. The third kappa shape index (κ3) is 5.91. The first-order chi connectivity index (χ1) is 15.8. The summed E-state index contributed by atoms with van der Waals surface area (Å²) in [5.41, 5.74) is 2.53. The third-order valence-electron chi connectivity index (χ3n) is 4.61. The van der Waals surface area contributed by atoms with Crippen molar-refractivity contribution in [2.45, 2.75) is 19.1 Å². The molecule has 1 atom stereocenters. The molecular weight excluding hydrogens is 450 g/mol. The Labute approximate surface area is 193 Å². The lowest BCUT2D eigenvalue weighted by Gasteiger charge is -2.14. The van der Waals surface area contributed by atoms with Crippen molar-refractivity contribution in [2.75, 3.05) is 7.11 Å². The Morgan fingerprint density at radius 1 is 1.12 bits per heavy atom. The smallest absolute Gasteiger partial charge is 0.306 e. The fraction of sp³-hybridized carbons (Fsp3) is 0.174. The van der Waals surface area contributed by atoms with Crippen LogP contribution in [0.5, 0.6) is 0 Å². The molecule has 0 radical (unpaired) electrons. The zero-order chi connectivity index (χ0) is 24.0. The lowest BCUT2D eigenvalue weighted by molar-refractivity contribution is -0.145. The highest BCUT2D eigenvalue weighted by Crippen LogP contribution is 2.29. The van der Waals surface area contributed by atoms with E-state index in [0.717, 1.165) is 16.8 Å². The summed E-state index contributed by atoms with van der Waals surface area (Å²) in [5.74, 6) is -1.30. The van der Waals surface area contributed by atoms with Gasteiger partial charge >= 0.3 is 11.9 Å². The molecule has 1 aromatic heterocycles. The average molecular weight is 470 g/mol. The maximum atomic E-state index is 11.6. The summed E-state index contributed by atoms with van der Waals surface area (Å²) in [4.78, 5) is 40.0. The van der Waals surface area contributed by atoms with Gasteiger partial charge in [0.25, 0.3) is 5.56 Å². The molecule has 10 heteroatoms. The summed E-state index contributed by atoms with van der Waals surface area (Å²) < 4.78 is 5.86. The normalized spacial score (nSPS) is 13.9. The minimum atomic E-state index is -1.25. The van der Waals surface area contributed by atoms with Gasteiger partial charge in [0.15, 0.2) is 5.82 Å². The van der Waals surface area contributed by atoms with Crippen molar-refractivity contribution in [3.8, 4) is 5.69 Å². The van der Waals surface area contributed by atoms with E-state index < -0.39 is 23.7 Å². The van der Waals surface area contributed by atoms with Gasteiger partial charge in [-0.2, -0.15) is 4.98 Å². The SMILES string of the molecule is COC(=O)CCC(=O)O.O=c1ccn2c(n1)C(O)N=C(c1ccccc1)c1cc(Cl)ccc1-2. The highest BCUT2D eigenvalue weighted by Gasteiger charge is 2.24. The number of nitrogens with zero attached hydrogens (tertiary/aromatic N) is 3. The van der Waals surface area contributed by atoms with Crippen LogP contribution in [0.25, 0.3) is 5.69 Å². The van der Waals surface area contributed by atoms with Crippen molar-refractivity contribution >= 4 is 29.3 Å². The predicted molar refractivity (Wildman–Crippen MR) is 121 cm³/mol. The Morgan fingerprint density at radius 2 is 1.85 bits per heavy atom. The number of methoxy groups -OCH3 is 1. The number of hydrogen-bond acceptors (Lipinski definition) is 7. The van der Waals surface area contributed by atoms with Gasteiger partial charge in [0.2, 0.25) is 6.23 Å². The minimum Gasteiger partial charge on any atom is -0.481 e. The standard InChI is InChI=1S/C18H12ClN3O2.C5H8O4/c19-12-6-7-14-13(10-12)16(11-4-2-1-3-5-11)21-18(24)17-20-15(23)8-9-22(14)17;1-9-5(8)3-2-4(6)7/h1-10,18,24H;2-3H2,1H3,(H,6,7). The van der Waals surface area contributed by atoms with Crippen LogP contribution in [-0.2, 0) is 14.3 Å². The van der Waals surface area contributed by atoms with Crippen molar-refractivity contribution in [2.24, 2.45) is 4.99 Å². The molecule has 9 nitrogen and oxygen atoms in total. The molecule has 1 aliphatic rings. The van der Waals surface area contributed by atoms with Crippen LogP contribution < -0.4 is 5.56 Å². The molecule has 33 heavy (non-hydrogen) atoms. The molecule has 3 aromatic rings. The average Bonchev–Trinajstić information content (AvgIpc) is 2.92. The second-order valence-corrected chi connectivity index (χ2v) is 7.28. The van der Waals surface area contributed by atoms with E-state index in [1.807, 2.05) is 36.4 Å². The number of benzene rings is 2. The first-order valence-corrected chi connectivity index (χ1v) is 10.2. The number of carbonyl (C=O) groups is 2. The largest absolute Gasteiger partial charge is 0.481 e. The van der Waals surface area contributed by atoms with Gasteiger partial charge in [0.05, 0.1) is 31.4 Å². The number of carboxylic acids is 1. The Hall–Kier alpha value is -3.82. The van der Waals surface area contributed by atoms with E-state index >= 15 is 0 Å². The molecule has 0 saturated carbocycles. The molecule has 0 spiro atoms. The topological polar surface area (TPSA) is 131 Å². The summed E-state index contributed by atoms with van der Waals surface area (Å²) in [6.07, 6.45) is 0.128. The van der Waals surface area contributed by atoms with Crippen LogP contribution in [0.3, 0.4) is 0 Å². The summed E-state index contributed by atoms with van der Waals surface area (Å²) in [6, 6.07) is 16.2. The Balaban J connectivity index is 0.000000292. The van der Waals surface area contributed by atoms with Crippen LogP contribution in [0.15, 0.2) is 70.6 Å². The lowest BCUT2D eigenvalue weighted by Crippen LogP contribution is -2.17. The number of aliphatic hydroxyl groups excluding tert-OH is 1. The van der Waals surface area contributed by atoms with Crippen molar-refractivity contribution < 1.29 is 24.5 Å². The summed E-state index contributed by atoms with van der Waals surface area (Å²) in [7, 11) is 1.23. The van der Waals surface area contributed by atoms with Crippen molar-refractivity contribution in [1.82, 2.24) is 9.55 Å². The van der Waals surface area contributed by atoms with E-state index in [1.54, 1.807) is 22.9 Å². The zero-order valence-corrected chi connectivity index (χ0v) is 18.3. The summed E-state index contributed by atoms with van der Waals surface area (Å²) in [6.45, 7) is 0. The number of ether oxygens (including phenoxy) is 1. The van der Waals surface area contributed by atoms with Crippen LogP contribution in [0.4, 0.5) is 0 Å². The van der Waals surface area contributed by atoms with E-state index in [4.69, 9.17) is 16.7 Å². The van der Waals surface area contributed by atoms with E-state index in [0.29, 0.717) is 10.7 Å². The number of fused-ring (bicyclic) bond motifs is 3. The Bertz CT molecular complexity index is 1260. The second-order valence-electron chi connectivity index (χ2n) is 6.84. The number of esters is 1. The van der Waals surface area contributed by atoms with Crippen LogP contribution in [0.1, 0.15) is 36.0 Å².